The second-order valence-electron chi connectivity index (χ2n) is 2.45. The Morgan fingerprint density at radius 1 is 1.29 bits per heavy atom. The molecule has 6 heteroatoms. The molecule has 0 bridgehead atoms. The summed E-state index contributed by atoms with van der Waals surface area (Å²) in [5.74, 6) is -3.16. The van der Waals surface area contributed by atoms with Crippen LogP contribution in [0, 0.1) is 0 Å². The van der Waals surface area contributed by atoms with Gasteiger partial charge in [-0.15, -0.1) is 0 Å². The predicted molar refractivity (Wildman–Crippen MR) is 44.6 cm³/mol. The molecule has 0 aromatic carbocycles. The smallest absolute Gasteiger partial charge is 0.333 e. The lowest BCUT2D eigenvalue weighted by atomic mass is 10.3. The zero-order valence-electron chi connectivity index (χ0n) is 7.52. The van der Waals surface area contributed by atoms with Crippen LogP contribution in [-0.2, 0) is 19.1 Å². The molecule has 0 aliphatic carbocycles. The van der Waals surface area contributed by atoms with E-state index in [0.717, 1.165) is 0 Å². The molecule has 0 fully saturated rings. The Bertz CT molecular complexity index is 278. The van der Waals surface area contributed by atoms with Crippen LogP contribution < -0.4 is 0 Å². The predicted octanol–water partition coefficient (Wildman–Crippen LogP) is 0.0352. The number of carboxylic acids is 2. The molecule has 2 N–H and O–H groups in total. The number of carbonyl (C=O) groups is 3. The van der Waals surface area contributed by atoms with E-state index in [2.05, 4.69) is 4.74 Å². The van der Waals surface area contributed by atoms with Crippen molar-refractivity contribution in [3.8, 4) is 0 Å². The highest BCUT2D eigenvalue weighted by Gasteiger charge is 2.08. The monoisotopic (exact) mass is 202 g/mol. The molecule has 0 aliphatic heterocycles. The van der Waals surface area contributed by atoms with Crippen LogP contribution >= 0.6 is 0 Å². The van der Waals surface area contributed by atoms with E-state index in [1.165, 1.54) is 6.92 Å². The molecule has 14 heavy (non-hydrogen) atoms. The molecule has 78 valence electrons. The van der Waals surface area contributed by atoms with Gasteiger partial charge in [-0.25, -0.2) is 9.59 Å². The fourth-order valence-corrected chi connectivity index (χ4v) is 0.589. The van der Waals surface area contributed by atoms with E-state index in [9.17, 15) is 14.4 Å². The maximum absolute atomic E-state index is 10.9. The van der Waals surface area contributed by atoms with Crippen molar-refractivity contribution in [3.05, 3.63) is 11.6 Å². The quantitative estimate of drug-likeness (QED) is 0.482. The second kappa shape index (κ2) is 5.74. The van der Waals surface area contributed by atoms with Crippen LogP contribution in [0.2, 0.25) is 0 Å². The van der Waals surface area contributed by atoms with Gasteiger partial charge in [0.1, 0.15) is 6.61 Å². The molecular formula is C8H10O6. The summed E-state index contributed by atoms with van der Waals surface area (Å²) in [6, 6.07) is 0. The number of hydrogen-bond donors (Lipinski definition) is 2. The Kier molecular flexibility index (Phi) is 4.98. The number of carboxylic acid groups (broad SMARTS) is 2. The molecule has 0 saturated heterocycles. The van der Waals surface area contributed by atoms with Gasteiger partial charge in [-0.2, -0.15) is 0 Å². The average Bonchev–Trinajstić information content (AvgIpc) is 2.01. The van der Waals surface area contributed by atoms with Crippen LogP contribution in [-0.4, -0.2) is 34.7 Å². The summed E-state index contributed by atoms with van der Waals surface area (Å²) < 4.78 is 4.46. The maximum atomic E-state index is 10.9. The molecule has 0 aromatic rings. The van der Waals surface area contributed by atoms with E-state index < -0.39 is 17.9 Å². The van der Waals surface area contributed by atoms with Crippen LogP contribution in [0.1, 0.15) is 13.3 Å². The van der Waals surface area contributed by atoms with E-state index in [1.54, 1.807) is 0 Å². The summed E-state index contributed by atoms with van der Waals surface area (Å²) in [5.41, 5.74) is -0.0807. The molecule has 0 spiro atoms. The highest BCUT2D eigenvalue weighted by atomic mass is 16.5. The standard InChI is InChI=1S/C8H10O6/c1-5(4-7(11)12)8(13)14-3-2-6(9)10/h4H,2-3H2,1H3,(H,9,10)(H,11,12). The molecule has 0 radical (unpaired) electrons. The number of hydrogen-bond acceptors (Lipinski definition) is 4. The maximum Gasteiger partial charge on any atom is 0.333 e. The van der Waals surface area contributed by atoms with Gasteiger partial charge in [0.2, 0.25) is 0 Å². The minimum atomic E-state index is -1.25. The summed E-state index contributed by atoms with van der Waals surface area (Å²) in [7, 11) is 0. The normalized spacial score (nSPS) is 10.8. The van der Waals surface area contributed by atoms with Crippen molar-refractivity contribution in [2.24, 2.45) is 0 Å². The number of carbonyl (C=O) groups excluding carboxylic acids is 1. The Balaban J connectivity index is 3.97. The summed E-state index contributed by atoms with van der Waals surface area (Å²) in [4.78, 5) is 31.1. The first-order valence-electron chi connectivity index (χ1n) is 3.73. The zero-order valence-corrected chi connectivity index (χ0v) is 7.52. The minimum Gasteiger partial charge on any atom is -0.481 e. The van der Waals surface area contributed by atoms with Crippen molar-refractivity contribution in [1.29, 1.82) is 0 Å². The minimum absolute atomic E-state index is 0.0807. The highest BCUT2D eigenvalue weighted by molar-refractivity contribution is 5.95. The van der Waals surface area contributed by atoms with Gasteiger partial charge in [0.15, 0.2) is 0 Å². The molecule has 0 heterocycles. The Morgan fingerprint density at radius 3 is 2.29 bits per heavy atom. The summed E-state index contributed by atoms with van der Waals surface area (Å²) >= 11 is 0. The molecule has 6 nitrogen and oxygen atoms in total. The van der Waals surface area contributed by atoms with Crippen molar-refractivity contribution in [1.82, 2.24) is 0 Å². The highest BCUT2D eigenvalue weighted by Crippen LogP contribution is 1.97. The van der Waals surface area contributed by atoms with Gasteiger partial charge >= 0.3 is 17.9 Å². The van der Waals surface area contributed by atoms with Gasteiger partial charge in [-0.1, -0.05) is 0 Å². The second-order valence-corrected chi connectivity index (χ2v) is 2.45. The van der Waals surface area contributed by atoms with Crippen molar-refractivity contribution >= 4 is 17.9 Å². The zero-order chi connectivity index (χ0) is 11.1. The Morgan fingerprint density at radius 2 is 1.86 bits per heavy atom. The van der Waals surface area contributed by atoms with Crippen LogP contribution in [0.15, 0.2) is 11.6 Å². The van der Waals surface area contributed by atoms with Gasteiger partial charge in [-0.05, 0) is 6.92 Å². The number of esters is 1. The van der Waals surface area contributed by atoms with Gasteiger partial charge < -0.3 is 14.9 Å². The van der Waals surface area contributed by atoms with Crippen LogP contribution in [0.4, 0.5) is 0 Å². The van der Waals surface area contributed by atoms with Crippen LogP contribution in [0.5, 0.6) is 0 Å². The third-order valence-corrected chi connectivity index (χ3v) is 1.21. The first-order chi connectivity index (χ1) is 6.43. The SMILES string of the molecule is CC(=CC(=O)O)C(=O)OCCC(=O)O. The molecule has 0 saturated carbocycles. The van der Waals surface area contributed by atoms with E-state index >= 15 is 0 Å². The first-order valence-corrected chi connectivity index (χ1v) is 3.73. The van der Waals surface area contributed by atoms with E-state index in [0.29, 0.717) is 6.08 Å². The lowest BCUT2D eigenvalue weighted by Crippen LogP contribution is -2.11. The largest absolute Gasteiger partial charge is 0.481 e. The topological polar surface area (TPSA) is 101 Å². The molecule has 0 unspecified atom stereocenters. The van der Waals surface area contributed by atoms with Crippen LogP contribution in [0.3, 0.4) is 0 Å². The molecule has 0 rings (SSSR count). The van der Waals surface area contributed by atoms with Gasteiger partial charge in [-0.3, -0.25) is 4.79 Å². The van der Waals surface area contributed by atoms with Gasteiger partial charge in [0.25, 0.3) is 0 Å². The average molecular weight is 202 g/mol. The van der Waals surface area contributed by atoms with Gasteiger partial charge in [0.05, 0.1) is 6.42 Å². The van der Waals surface area contributed by atoms with Crippen molar-refractivity contribution < 1.29 is 29.3 Å². The summed E-state index contributed by atoms with van der Waals surface area (Å²) in [6.07, 6.45) is 0.398. The van der Waals surface area contributed by atoms with Crippen molar-refractivity contribution in [2.75, 3.05) is 6.61 Å². The van der Waals surface area contributed by atoms with E-state index in [4.69, 9.17) is 10.2 Å². The lowest BCUT2D eigenvalue weighted by molar-refractivity contribution is -0.144. The summed E-state index contributed by atoms with van der Waals surface area (Å²) in [5, 5.41) is 16.5. The Labute approximate surface area is 79.8 Å². The number of aliphatic carboxylic acids is 2. The number of rotatable bonds is 5. The molecule has 0 atom stereocenters. The molecule has 0 amide bonds. The summed E-state index contributed by atoms with van der Waals surface area (Å²) in [6.45, 7) is 1.01. The molecule has 0 aliphatic rings. The fourth-order valence-electron chi connectivity index (χ4n) is 0.589. The number of ether oxygens (including phenoxy) is 1. The first kappa shape index (κ1) is 12.2. The van der Waals surface area contributed by atoms with E-state index in [-0.39, 0.29) is 18.6 Å². The van der Waals surface area contributed by atoms with Crippen molar-refractivity contribution in [2.45, 2.75) is 13.3 Å². The van der Waals surface area contributed by atoms with Gasteiger partial charge in [0, 0.05) is 11.6 Å². The lowest BCUT2D eigenvalue weighted by Gasteiger charge is -2.01. The van der Waals surface area contributed by atoms with Crippen molar-refractivity contribution in [3.63, 3.8) is 0 Å². The molecular weight excluding hydrogens is 192 g/mol. The third-order valence-electron chi connectivity index (χ3n) is 1.21. The molecule has 0 aromatic heterocycles. The van der Waals surface area contributed by atoms with Crippen LogP contribution in [0.25, 0.3) is 0 Å². The Hall–Kier alpha value is -1.85. The van der Waals surface area contributed by atoms with E-state index in [1.807, 2.05) is 0 Å². The third kappa shape index (κ3) is 5.76. The fraction of sp³-hybridized carbons (Fsp3) is 0.375.